The fourth-order valence-corrected chi connectivity index (χ4v) is 3.30. The summed E-state index contributed by atoms with van der Waals surface area (Å²) >= 11 is 0. The van der Waals surface area contributed by atoms with Crippen LogP contribution in [-0.4, -0.2) is 6.54 Å². The first kappa shape index (κ1) is 14.3. The average Bonchev–Trinajstić information content (AvgIpc) is 2.95. The lowest BCUT2D eigenvalue weighted by atomic mass is 9.98. The summed E-state index contributed by atoms with van der Waals surface area (Å²) in [7, 11) is 0. The third-order valence-electron chi connectivity index (χ3n) is 4.53. The van der Waals surface area contributed by atoms with Gasteiger partial charge in [0.2, 0.25) is 0 Å². The van der Waals surface area contributed by atoms with E-state index in [1.165, 1.54) is 47.1 Å². The van der Waals surface area contributed by atoms with Crippen molar-refractivity contribution >= 4 is 0 Å². The predicted molar refractivity (Wildman–Crippen MR) is 90.6 cm³/mol. The fraction of sp³-hybridized carbons (Fsp3) is 0.400. The van der Waals surface area contributed by atoms with Gasteiger partial charge in [-0.15, -0.1) is 0 Å². The second-order valence-corrected chi connectivity index (χ2v) is 6.01. The summed E-state index contributed by atoms with van der Waals surface area (Å²) < 4.78 is 0. The molecule has 0 heterocycles. The molecule has 1 heteroatoms. The van der Waals surface area contributed by atoms with Crippen LogP contribution in [0.4, 0.5) is 0 Å². The van der Waals surface area contributed by atoms with E-state index in [0.717, 1.165) is 13.0 Å². The first-order chi connectivity index (χ1) is 10.3. The van der Waals surface area contributed by atoms with Gasteiger partial charge in [0, 0.05) is 6.04 Å². The molecule has 1 N–H and O–H groups in total. The number of hydrogen-bond donors (Lipinski definition) is 1. The average molecular weight is 279 g/mol. The Morgan fingerprint density at radius 3 is 2.71 bits per heavy atom. The molecule has 3 rings (SSSR count). The number of benzene rings is 2. The Labute approximate surface area is 128 Å². The molecule has 1 aliphatic carbocycles. The summed E-state index contributed by atoms with van der Waals surface area (Å²) in [6.45, 7) is 5.56. The zero-order valence-electron chi connectivity index (χ0n) is 13.2. The van der Waals surface area contributed by atoms with Gasteiger partial charge in [0.1, 0.15) is 0 Å². The van der Waals surface area contributed by atoms with E-state index in [2.05, 4.69) is 61.6 Å². The smallest absolute Gasteiger partial charge is 0.0326 e. The Balaban J connectivity index is 1.86. The number of nitrogens with one attached hydrogen (secondary N) is 1. The highest BCUT2D eigenvalue weighted by molar-refractivity contribution is 5.66. The van der Waals surface area contributed by atoms with E-state index in [1.807, 2.05) is 0 Å². The third kappa shape index (κ3) is 3.03. The van der Waals surface area contributed by atoms with Crippen molar-refractivity contribution in [2.45, 2.75) is 45.6 Å². The van der Waals surface area contributed by atoms with Crippen LogP contribution in [0.2, 0.25) is 0 Å². The molecule has 0 bridgehead atoms. The van der Waals surface area contributed by atoms with Gasteiger partial charge in [-0.25, -0.2) is 0 Å². The van der Waals surface area contributed by atoms with E-state index in [4.69, 9.17) is 0 Å². The van der Waals surface area contributed by atoms with E-state index in [1.54, 1.807) is 0 Å². The molecular weight excluding hydrogens is 254 g/mol. The Kier molecular flexibility index (Phi) is 4.40. The van der Waals surface area contributed by atoms with Gasteiger partial charge in [0.05, 0.1) is 0 Å². The van der Waals surface area contributed by atoms with Crippen molar-refractivity contribution in [2.24, 2.45) is 0 Å². The van der Waals surface area contributed by atoms with E-state index in [0.29, 0.717) is 6.04 Å². The lowest BCUT2D eigenvalue weighted by molar-refractivity contribution is 0.529. The molecule has 0 amide bonds. The lowest BCUT2D eigenvalue weighted by Gasteiger charge is -2.14. The molecule has 2 aromatic rings. The minimum absolute atomic E-state index is 0.566. The maximum absolute atomic E-state index is 3.66. The molecule has 1 aliphatic rings. The molecule has 21 heavy (non-hydrogen) atoms. The molecule has 1 nitrogen and oxygen atoms in total. The lowest BCUT2D eigenvalue weighted by Crippen LogP contribution is -2.19. The van der Waals surface area contributed by atoms with Crippen molar-refractivity contribution in [3.05, 3.63) is 59.2 Å². The van der Waals surface area contributed by atoms with Crippen LogP contribution in [0.5, 0.6) is 0 Å². The van der Waals surface area contributed by atoms with Crippen LogP contribution in [0.3, 0.4) is 0 Å². The van der Waals surface area contributed by atoms with Crippen LogP contribution in [0.15, 0.2) is 42.5 Å². The van der Waals surface area contributed by atoms with Gasteiger partial charge >= 0.3 is 0 Å². The first-order valence-electron chi connectivity index (χ1n) is 8.27. The van der Waals surface area contributed by atoms with Gasteiger partial charge in [0.15, 0.2) is 0 Å². The van der Waals surface area contributed by atoms with Crippen molar-refractivity contribution in [3.63, 3.8) is 0 Å². The Hall–Kier alpha value is -1.60. The number of fused-ring (bicyclic) bond motifs is 1. The molecule has 0 fully saturated rings. The molecule has 1 atom stereocenters. The largest absolute Gasteiger partial charge is 0.310 e. The predicted octanol–water partition coefficient (Wildman–Crippen LogP) is 4.90. The summed E-state index contributed by atoms with van der Waals surface area (Å²) in [6, 6.07) is 16.5. The maximum atomic E-state index is 3.66. The zero-order chi connectivity index (χ0) is 14.7. The summed E-state index contributed by atoms with van der Waals surface area (Å²) in [5, 5.41) is 3.66. The Bertz CT molecular complexity index is 615. The van der Waals surface area contributed by atoms with Crippen LogP contribution in [0.25, 0.3) is 11.1 Å². The van der Waals surface area contributed by atoms with Gasteiger partial charge in [-0.3, -0.25) is 0 Å². The van der Waals surface area contributed by atoms with Crippen LogP contribution in [0.1, 0.15) is 49.4 Å². The quantitative estimate of drug-likeness (QED) is 0.820. The topological polar surface area (TPSA) is 12.0 Å². The molecule has 0 saturated heterocycles. The van der Waals surface area contributed by atoms with Crippen molar-refractivity contribution in [3.8, 4) is 11.1 Å². The second-order valence-electron chi connectivity index (χ2n) is 6.01. The second kappa shape index (κ2) is 6.44. The van der Waals surface area contributed by atoms with Gasteiger partial charge in [-0.1, -0.05) is 56.3 Å². The minimum Gasteiger partial charge on any atom is -0.310 e. The summed E-state index contributed by atoms with van der Waals surface area (Å²) in [5.74, 6) is 0. The van der Waals surface area contributed by atoms with Crippen molar-refractivity contribution < 1.29 is 0 Å². The van der Waals surface area contributed by atoms with Crippen molar-refractivity contribution in [1.82, 2.24) is 5.32 Å². The highest BCUT2D eigenvalue weighted by atomic mass is 14.9. The van der Waals surface area contributed by atoms with Crippen LogP contribution < -0.4 is 5.32 Å². The maximum Gasteiger partial charge on any atom is 0.0326 e. The Morgan fingerprint density at radius 2 is 1.90 bits per heavy atom. The SMILES string of the molecule is CCCNC1CCc2cc(-c3cccc(CC)c3)ccc21. The Morgan fingerprint density at radius 1 is 1.05 bits per heavy atom. The van der Waals surface area contributed by atoms with Crippen LogP contribution in [0, 0.1) is 0 Å². The van der Waals surface area contributed by atoms with Crippen LogP contribution >= 0.6 is 0 Å². The van der Waals surface area contributed by atoms with E-state index < -0.39 is 0 Å². The van der Waals surface area contributed by atoms with Crippen molar-refractivity contribution in [1.29, 1.82) is 0 Å². The third-order valence-corrected chi connectivity index (χ3v) is 4.53. The summed E-state index contributed by atoms with van der Waals surface area (Å²) in [4.78, 5) is 0. The molecule has 0 saturated carbocycles. The monoisotopic (exact) mass is 279 g/mol. The molecule has 1 unspecified atom stereocenters. The van der Waals surface area contributed by atoms with E-state index in [-0.39, 0.29) is 0 Å². The number of aryl methyl sites for hydroxylation is 2. The van der Waals surface area contributed by atoms with Gasteiger partial charge in [0.25, 0.3) is 0 Å². The van der Waals surface area contributed by atoms with Gasteiger partial charge < -0.3 is 5.32 Å². The molecule has 110 valence electrons. The van der Waals surface area contributed by atoms with Gasteiger partial charge in [-0.05, 0) is 60.0 Å². The standard InChI is InChI=1S/C20H25N/c1-3-12-21-20-11-9-18-14-17(8-10-19(18)20)16-7-5-6-15(4-2)13-16/h5-8,10,13-14,20-21H,3-4,9,11-12H2,1-2H3. The highest BCUT2D eigenvalue weighted by Gasteiger charge is 2.21. The number of rotatable bonds is 5. The molecule has 0 aromatic heterocycles. The highest BCUT2D eigenvalue weighted by Crippen LogP contribution is 2.34. The first-order valence-corrected chi connectivity index (χ1v) is 8.27. The molecule has 0 aliphatic heterocycles. The normalized spacial score (nSPS) is 17.0. The summed E-state index contributed by atoms with van der Waals surface area (Å²) in [5.41, 5.74) is 7.17. The zero-order valence-corrected chi connectivity index (χ0v) is 13.2. The van der Waals surface area contributed by atoms with E-state index >= 15 is 0 Å². The van der Waals surface area contributed by atoms with Gasteiger partial charge in [-0.2, -0.15) is 0 Å². The number of hydrogen-bond acceptors (Lipinski definition) is 1. The minimum atomic E-state index is 0.566. The van der Waals surface area contributed by atoms with Crippen molar-refractivity contribution in [2.75, 3.05) is 6.54 Å². The molecule has 0 radical (unpaired) electrons. The summed E-state index contributed by atoms with van der Waals surface area (Å²) in [6.07, 6.45) is 4.75. The molecule has 0 spiro atoms. The van der Waals surface area contributed by atoms with Crippen LogP contribution in [-0.2, 0) is 12.8 Å². The molecule has 2 aromatic carbocycles. The fourth-order valence-electron chi connectivity index (χ4n) is 3.30. The van der Waals surface area contributed by atoms with E-state index in [9.17, 15) is 0 Å². The molecular formula is C20H25N.